The van der Waals surface area contributed by atoms with Gasteiger partial charge in [-0.2, -0.15) is 0 Å². The molecule has 104 valence electrons. The van der Waals surface area contributed by atoms with Gasteiger partial charge in [-0.3, -0.25) is 4.79 Å². The summed E-state index contributed by atoms with van der Waals surface area (Å²) in [5.41, 5.74) is 0.0960. The Morgan fingerprint density at radius 2 is 1.90 bits per heavy atom. The second kappa shape index (κ2) is 5.13. The average molecular weight is 282 g/mol. The minimum Gasteiger partial charge on any atom is -0.478 e. The van der Waals surface area contributed by atoms with Crippen molar-refractivity contribution in [2.24, 2.45) is 0 Å². The summed E-state index contributed by atoms with van der Waals surface area (Å²) >= 11 is 0. The van der Waals surface area contributed by atoms with Gasteiger partial charge in [0.25, 0.3) is 0 Å². The zero-order chi connectivity index (χ0) is 14.8. The van der Waals surface area contributed by atoms with Gasteiger partial charge in [0.1, 0.15) is 17.1 Å². The fourth-order valence-corrected chi connectivity index (χ4v) is 1.94. The Labute approximate surface area is 118 Å². The van der Waals surface area contributed by atoms with Crippen LogP contribution >= 0.6 is 0 Å². The maximum atomic E-state index is 12.0. The fraction of sp³-hybridized carbons (Fsp3) is 0. The van der Waals surface area contributed by atoms with E-state index in [9.17, 15) is 9.59 Å². The van der Waals surface area contributed by atoms with Gasteiger partial charge in [0.05, 0.1) is 17.2 Å². The SMILES string of the molecule is O=C(O)c1ccc2oc(C=Cc3ccco3)cc(=O)c2c1. The summed E-state index contributed by atoms with van der Waals surface area (Å²) in [7, 11) is 0. The van der Waals surface area contributed by atoms with Crippen molar-refractivity contribution < 1.29 is 18.7 Å². The van der Waals surface area contributed by atoms with Crippen LogP contribution in [0.25, 0.3) is 23.1 Å². The van der Waals surface area contributed by atoms with Gasteiger partial charge in [0.2, 0.25) is 0 Å². The number of carbonyl (C=O) groups is 1. The zero-order valence-corrected chi connectivity index (χ0v) is 10.8. The van der Waals surface area contributed by atoms with Gasteiger partial charge in [0.15, 0.2) is 5.43 Å². The van der Waals surface area contributed by atoms with Crippen molar-refractivity contribution in [1.82, 2.24) is 0 Å². The average Bonchev–Trinajstić information content (AvgIpc) is 2.98. The Morgan fingerprint density at radius 3 is 2.62 bits per heavy atom. The smallest absolute Gasteiger partial charge is 0.335 e. The molecule has 1 aromatic carbocycles. The third kappa shape index (κ3) is 2.62. The van der Waals surface area contributed by atoms with E-state index in [1.807, 2.05) is 0 Å². The summed E-state index contributed by atoms with van der Waals surface area (Å²) < 4.78 is 10.7. The topological polar surface area (TPSA) is 80.7 Å². The molecule has 0 aliphatic heterocycles. The molecule has 0 fully saturated rings. The van der Waals surface area contributed by atoms with E-state index < -0.39 is 5.97 Å². The Kier molecular flexibility index (Phi) is 3.16. The van der Waals surface area contributed by atoms with E-state index in [2.05, 4.69) is 0 Å². The molecule has 21 heavy (non-hydrogen) atoms. The molecule has 0 atom stereocenters. The lowest BCUT2D eigenvalue weighted by Crippen LogP contribution is -2.03. The summed E-state index contributed by atoms with van der Waals surface area (Å²) in [5, 5.41) is 9.17. The van der Waals surface area contributed by atoms with Crippen LogP contribution in [-0.2, 0) is 0 Å². The highest BCUT2D eigenvalue weighted by Crippen LogP contribution is 2.16. The molecule has 2 aromatic heterocycles. The first-order chi connectivity index (χ1) is 10.1. The minimum atomic E-state index is -1.09. The van der Waals surface area contributed by atoms with Gasteiger partial charge >= 0.3 is 5.97 Å². The van der Waals surface area contributed by atoms with Gasteiger partial charge in [0, 0.05) is 6.07 Å². The highest BCUT2D eigenvalue weighted by Gasteiger charge is 2.08. The third-order valence-electron chi connectivity index (χ3n) is 2.95. The molecular weight excluding hydrogens is 272 g/mol. The Balaban J connectivity index is 2.05. The van der Waals surface area contributed by atoms with Crippen molar-refractivity contribution in [3.05, 3.63) is 70.0 Å². The first-order valence-corrected chi connectivity index (χ1v) is 6.16. The number of hydrogen-bond acceptors (Lipinski definition) is 4. The third-order valence-corrected chi connectivity index (χ3v) is 2.95. The van der Waals surface area contributed by atoms with Crippen molar-refractivity contribution in [1.29, 1.82) is 0 Å². The van der Waals surface area contributed by atoms with Crippen LogP contribution in [0, 0.1) is 0 Å². The van der Waals surface area contributed by atoms with Crippen LogP contribution in [0.15, 0.2) is 56.3 Å². The largest absolute Gasteiger partial charge is 0.478 e. The number of aromatic carboxylic acids is 1. The number of fused-ring (bicyclic) bond motifs is 1. The standard InChI is InChI=1S/C16H10O5/c17-14-9-12(5-4-11-2-1-7-20-11)21-15-6-3-10(16(18)19)8-13(14)15/h1-9H,(H,18,19). The number of hydrogen-bond donors (Lipinski definition) is 1. The van der Waals surface area contributed by atoms with Gasteiger partial charge in [-0.05, 0) is 42.5 Å². The summed E-state index contributed by atoms with van der Waals surface area (Å²) in [6.45, 7) is 0. The lowest BCUT2D eigenvalue weighted by Gasteiger charge is -2.00. The molecule has 1 N–H and O–H groups in total. The molecule has 2 heterocycles. The Bertz CT molecular complexity index is 885. The summed E-state index contributed by atoms with van der Waals surface area (Å²) in [6.07, 6.45) is 4.84. The van der Waals surface area contributed by atoms with Crippen molar-refractivity contribution in [3.63, 3.8) is 0 Å². The van der Waals surface area contributed by atoms with E-state index in [0.29, 0.717) is 17.1 Å². The van der Waals surface area contributed by atoms with Crippen LogP contribution in [0.3, 0.4) is 0 Å². The van der Waals surface area contributed by atoms with E-state index >= 15 is 0 Å². The normalized spacial score (nSPS) is 11.2. The molecule has 5 nitrogen and oxygen atoms in total. The van der Waals surface area contributed by atoms with E-state index in [-0.39, 0.29) is 16.4 Å². The van der Waals surface area contributed by atoms with Gasteiger partial charge in [-0.15, -0.1) is 0 Å². The van der Waals surface area contributed by atoms with Gasteiger partial charge < -0.3 is 13.9 Å². The number of carboxylic acids is 1. The molecule has 0 aliphatic rings. The Hall–Kier alpha value is -3.08. The fourth-order valence-electron chi connectivity index (χ4n) is 1.94. The molecule has 0 saturated carbocycles. The molecule has 3 rings (SSSR count). The second-order valence-corrected chi connectivity index (χ2v) is 4.38. The highest BCUT2D eigenvalue weighted by atomic mass is 16.4. The van der Waals surface area contributed by atoms with Crippen LogP contribution in [0.1, 0.15) is 21.9 Å². The molecule has 0 aliphatic carbocycles. The van der Waals surface area contributed by atoms with Crippen LogP contribution in [0.5, 0.6) is 0 Å². The highest BCUT2D eigenvalue weighted by molar-refractivity contribution is 5.92. The van der Waals surface area contributed by atoms with E-state index in [4.69, 9.17) is 13.9 Å². The van der Waals surface area contributed by atoms with Crippen LogP contribution < -0.4 is 5.43 Å². The lowest BCUT2D eigenvalue weighted by molar-refractivity contribution is 0.0697. The number of rotatable bonds is 3. The summed E-state index contributed by atoms with van der Waals surface area (Å²) in [4.78, 5) is 22.9. The van der Waals surface area contributed by atoms with Crippen molar-refractivity contribution >= 4 is 29.1 Å². The van der Waals surface area contributed by atoms with Gasteiger partial charge in [-0.25, -0.2) is 4.79 Å². The molecule has 0 bridgehead atoms. The molecule has 0 radical (unpaired) electrons. The monoisotopic (exact) mass is 282 g/mol. The van der Waals surface area contributed by atoms with Crippen LogP contribution in [-0.4, -0.2) is 11.1 Å². The lowest BCUT2D eigenvalue weighted by atomic mass is 10.1. The summed E-state index contributed by atoms with van der Waals surface area (Å²) in [5.74, 6) is -0.0796. The Morgan fingerprint density at radius 1 is 1.10 bits per heavy atom. The van der Waals surface area contributed by atoms with Crippen molar-refractivity contribution in [2.75, 3.05) is 0 Å². The quantitative estimate of drug-likeness (QED) is 0.797. The van der Waals surface area contributed by atoms with E-state index in [1.54, 1.807) is 30.5 Å². The van der Waals surface area contributed by atoms with Crippen molar-refractivity contribution in [3.8, 4) is 0 Å². The maximum absolute atomic E-state index is 12.0. The molecule has 0 saturated heterocycles. The maximum Gasteiger partial charge on any atom is 0.335 e. The molecule has 3 aromatic rings. The number of benzene rings is 1. The van der Waals surface area contributed by atoms with Crippen LogP contribution in [0.4, 0.5) is 0 Å². The predicted molar refractivity (Wildman–Crippen MR) is 77.1 cm³/mol. The minimum absolute atomic E-state index is 0.0497. The zero-order valence-electron chi connectivity index (χ0n) is 10.8. The van der Waals surface area contributed by atoms with E-state index in [1.165, 1.54) is 24.3 Å². The van der Waals surface area contributed by atoms with Crippen LogP contribution in [0.2, 0.25) is 0 Å². The van der Waals surface area contributed by atoms with Gasteiger partial charge in [-0.1, -0.05) is 0 Å². The predicted octanol–water partition coefficient (Wildman–Crippen LogP) is 3.25. The number of carboxylic acid groups (broad SMARTS) is 1. The van der Waals surface area contributed by atoms with Crippen molar-refractivity contribution in [2.45, 2.75) is 0 Å². The first-order valence-electron chi connectivity index (χ1n) is 6.16. The molecule has 0 unspecified atom stereocenters. The van der Waals surface area contributed by atoms with E-state index in [0.717, 1.165) is 0 Å². The molecular formula is C16H10O5. The number of furan rings is 1. The summed E-state index contributed by atoms with van der Waals surface area (Å²) in [6, 6.07) is 9.02. The second-order valence-electron chi connectivity index (χ2n) is 4.38. The molecule has 0 spiro atoms. The molecule has 0 amide bonds. The molecule has 5 heteroatoms. The first kappa shape index (κ1) is 12.9.